The molecule has 0 unspecified atom stereocenters. The van der Waals surface area contributed by atoms with E-state index in [9.17, 15) is 19.2 Å². The fourth-order valence-electron chi connectivity index (χ4n) is 1.64. The normalized spacial score (nSPS) is 11.2. The molecule has 0 heterocycles. The summed E-state index contributed by atoms with van der Waals surface area (Å²) in [7, 11) is 0. The highest BCUT2D eigenvalue weighted by atomic mass is 16.6. The lowest BCUT2D eigenvalue weighted by molar-refractivity contribution is -0.170. The molecule has 1 amide bonds. The first-order valence-corrected chi connectivity index (χ1v) is 7.36. The average molecular weight is 339 g/mol. The van der Waals surface area contributed by atoms with Crippen LogP contribution in [0.25, 0.3) is 0 Å². The van der Waals surface area contributed by atoms with Crippen LogP contribution < -0.4 is 5.32 Å². The number of amides is 1. The molecule has 0 aliphatic rings. The van der Waals surface area contributed by atoms with Crippen LogP contribution in [0.1, 0.15) is 34.1 Å². The zero-order chi connectivity index (χ0) is 19.0. The maximum atomic E-state index is 11.6. The summed E-state index contributed by atoms with van der Waals surface area (Å²) in [6.07, 6.45) is 2.42. The minimum atomic E-state index is -1.17. The summed E-state index contributed by atoms with van der Waals surface area (Å²) in [5.74, 6) is -2.92. The minimum absolute atomic E-state index is 0.114. The Bertz CT molecular complexity index is 485. The van der Waals surface area contributed by atoms with E-state index in [2.05, 4.69) is 18.5 Å². The monoisotopic (exact) mass is 339 g/mol. The van der Waals surface area contributed by atoms with E-state index >= 15 is 0 Å². The predicted octanol–water partition coefficient (Wildman–Crippen LogP) is 1.32. The third-order valence-corrected chi connectivity index (χ3v) is 2.85. The second kappa shape index (κ2) is 9.00. The molecule has 0 atom stereocenters. The highest BCUT2D eigenvalue weighted by Gasteiger charge is 2.28. The van der Waals surface area contributed by atoms with Gasteiger partial charge in [-0.25, -0.2) is 9.59 Å². The number of allylic oxidation sites excluding steroid dienone is 1. The molecule has 0 fully saturated rings. The van der Waals surface area contributed by atoms with Crippen LogP contribution >= 0.6 is 0 Å². The topological polar surface area (TPSA) is 98.8 Å². The molecule has 7 nitrogen and oxygen atoms in total. The maximum absolute atomic E-state index is 11.6. The molecule has 7 heteroatoms. The number of carbonyl (C=O) groups is 4. The summed E-state index contributed by atoms with van der Waals surface area (Å²) in [5, 5.41) is 2.55. The molecule has 24 heavy (non-hydrogen) atoms. The van der Waals surface area contributed by atoms with E-state index in [4.69, 9.17) is 9.47 Å². The molecule has 0 aromatic heterocycles. The number of hydrogen-bond acceptors (Lipinski definition) is 6. The van der Waals surface area contributed by atoms with Crippen molar-refractivity contribution in [3.05, 3.63) is 25.3 Å². The first-order valence-electron chi connectivity index (χ1n) is 7.36. The molecule has 0 aliphatic carbocycles. The van der Waals surface area contributed by atoms with Crippen molar-refractivity contribution in [3.8, 4) is 0 Å². The van der Waals surface area contributed by atoms with Gasteiger partial charge >= 0.3 is 11.9 Å². The number of carbonyl (C=O) groups excluding carboxylic acids is 4. The third-order valence-electron chi connectivity index (χ3n) is 2.85. The van der Waals surface area contributed by atoms with Crippen molar-refractivity contribution in [2.45, 2.75) is 39.7 Å². The Morgan fingerprint density at radius 2 is 1.42 bits per heavy atom. The molecule has 0 saturated carbocycles. The Balaban J connectivity index is 4.40. The van der Waals surface area contributed by atoms with Crippen molar-refractivity contribution < 1.29 is 28.7 Å². The quantitative estimate of drug-likeness (QED) is 0.386. The lowest BCUT2D eigenvalue weighted by atomic mass is 9.88. The van der Waals surface area contributed by atoms with E-state index in [-0.39, 0.29) is 25.4 Å². The van der Waals surface area contributed by atoms with Crippen LogP contribution in [0.2, 0.25) is 0 Å². The lowest BCUT2D eigenvalue weighted by Crippen LogP contribution is -2.47. The van der Waals surface area contributed by atoms with Crippen LogP contribution in [0.15, 0.2) is 25.3 Å². The molecule has 0 spiro atoms. The van der Waals surface area contributed by atoms with Gasteiger partial charge in [-0.1, -0.05) is 27.0 Å². The lowest BCUT2D eigenvalue weighted by Gasteiger charge is -2.25. The van der Waals surface area contributed by atoms with Crippen molar-refractivity contribution >= 4 is 23.6 Å². The number of nitrogens with one attached hydrogen (secondary N) is 1. The van der Waals surface area contributed by atoms with E-state index in [1.54, 1.807) is 27.7 Å². The summed E-state index contributed by atoms with van der Waals surface area (Å²) in [4.78, 5) is 45.8. The van der Waals surface area contributed by atoms with Gasteiger partial charge in [-0.3, -0.25) is 9.59 Å². The van der Waals surface area contributed by atoms with E-state index in [0.717, 1.165) is 6.08 Å². The largest absolute Gasteiger partial charge is 0.457 e. The molecule has 0 saturated heterocycles. The Labute approximate surface area is 142 Å². The standard InChI is InChI=1S/C17H25NO6/c1-7-12(19)9-16(3,4)10-23-14(21)15(22)24-11-17(5,6)18-13(20)8-2/h7-8H,1-2,9-11H2,3-6H3,(H,18,20). The number of esters is 2. The van der Waals surface area contributed by atoms with Gasteiger partial charge in [-0.2, -0.15) is 0 Å². The van der Waals surface area contributed by atoms with Gasteiger partial charge in [0.1, 0.15) is 6.61 Å². The Morgan fingerprint density at radius 3 is 1.88 bits per heavy atom. The fraction of sp³-hybridized carbons (Fsp3) is 0.529. The van der Waals surface area contributed by atoms with Gasteiger partial charge < -0.3 is 14.8 Å². The van der Waals surface area contributed by atoms with Crippen LogP contribution in [0.4, 0.5) is 0 Å². The first kappa shape index (κ1) is 21.6. The SMILES string of the molecule is C=CC(=O)CC(C)(C)COC(=O)C(=O)OCC(C)(C)NC(=O)C=C. The molecule has 134 valence electrons. The molecule has 0 bridgehead atoms. The summed E-state index contributed by atoms with van der Waals surface area (Å²) in [6, 6.07) is 0. The van der Waals surface area contributed by atoms with E-state index in [1.807, 2.05) is 0 Å². The summed E-state index contributed by atoms with van der Waals surface area (Å²) >= 11 is 0. The number of hydrogen-bond donors (Lipinski definition) is 1. The highest BCUT2D eigenvalue weighted by molar-refractivity contribution is 6.29. The van der Waals surface area contributed by atoms with Crippen molar-refractivity contribution in [2.24, 2.45) is 5.41 Å². The smallest absolute Gasteiger partial charge is 0.417 e. The molecular formula is C17H25NO6. The van der Waals surface area contributed by atoms with Gasteiger partial charge in [0.15, 0.2) is 5.78 Å². The van der Waals surface area contributed by atoms with Crippen LogP contribution in [0.5, 0.6) is 0 Å². The third kappa shape index (κ3) is 8.87. The summed E-state index contributed by atoms with van der Waals surface area (Å²) in [6.45, 7) is 13.1. The van der Waals surface area contributed by atoms with Crippen molar-refractivity contribution in [1.82, 2.24) is 5.32 Å². The van der Waals surface area contributed by atoms with Crippen LogP contribution in [0, 0.1) is 5.41 Å². The summed E-state index contributed by atoms with van der Waals surface area (Å²) in [5.41, 5.74) is -1.49. The van der Waals surface area contributed by atoms with E-state index < -0.39 is 28.8 Å². The first-order chi connectivity index (χ1) is 10.9. The number of rotatable bonds is 9. The average Bonchev–Trinajstić information content (AvgIpc) is 2.49. The fourth-order valence-corrected chi connectivity index (χ4v) is 1.64. The number of ether oxygens (including phenoxy) is 2. The Kier molecular flexibility index (Phi) is 8.09. The van der Waals surface area contributed by atoms with Crippen molar-refractivity contribution in [2.75, 3.05) is 13.2 Å². The van der Waals surface area contributed by atoms with Crippen molar-refractivity contribution in [3.63, 3.8) is 0 Å². The van der Waals surface area contributed by atoms with Gasteiger partial charge in [0.25, 0.3) is 0 Å². The molecule has 0 radical (unpaired) electrons. The second-order valence-corrected chi connectivity index (χ2v) is 6.74. The molecular weight excluding hydrogens is 314 g/mol. The molecule has 0 aliphatic heterocycles. The van der Waals surface area contributed by atoms with Gasteiger partial charge in [-0.15, -0.1) is 0 Å². The van der Waals surface area contributed by atoms with Crippen molar-refractivity contribution in [1.29, 1.82) is 0 Å². The minimum Gasteiger partial charge on any atom is -0.457 e. The van der Waals surface area contributed by atoms with E-state index in [1.165, 1.54) is 6.08 Å². The summed E-state index contributed by atoms with van der Waals surface area (Å²) < 4.78 is 9.71. The van der Waals surface area contributed by atoms with Gasteiger partial charge in [0.2, 0.25) is 5.91 Å². The Morgan fingerprint density at radius 1 is 0.917 bits per heavy atom. The van der Waals surface area contributed by atoms with Gasteiger partial charge in [0.05, 0.1) is 12.1 Å². The van der Waals surface area contributed by atoms with Gasteiger partial charge in [0, 0.05) is 11.8 Å². The predicted molar refractivity (Wildman–Crippen MR) is 87.9 cm³/mol. The molecule has 0 aromatic carbocycles. The van der Waals surface area contributed by atoms with Crippen LogP contribution in [-0.4, -0.2) is 42.4 Å². The van der Waals surface area contributed by atoms with Crippen LogP contribution in [-0.2, 0) is 28.7 Å². The zero-order valence-electron chi connectivity index (χ0n) is 14.6. The van der Waals surface area contributed by atoms with Crippen LogP contribution in [0.3, 0.4) is 0 Å². The molecule has 0 aromatic rings. The zero-order valence-corrected chi connectivity index (χ0v) is 14.6. The highest BCUT2D eigenvalue weighted by Crippen LogP contribution is 2.21. The number of ketones is 1. The van der Waals surface area contributed by atoms with E-state index in [0.29, 0.717) is 0 Å². The second-order valence-electron chi connectivity index (χ2n) is 6.74. The Hall–Kier alpha value is -2.44. The maximum Gasteiger partial charge on any atom is 0.417 e. The molecule has 0 rings (SSSR count). The molecule has 1 N–H and O–H groups in total. The van der Waals surface area contributed by atoms with Gasteiger partial charge in [-0.05, 0) is 26.0 Å².